The van der Waals surface area contributed by atoms with Crippen molar-refractivity contribution in [2.75, 3.05) is 0 Å². The monoisotopic (exact) mass is 732 g/mol. The highest BCUT2D eigenvalue weighted by molar-refractivity contribution is 7.25. The van der Waals surface area contributed by atoms with E-state index in [2.05, 4.69) is 138 Å². The second-order valence-corrected chi connectivity index (χ2v) is 15.1. The zero-order valence-electron chi connectivity index (χ0n) is 30.2. The molecule has 0 fully saturated rings. The van der Waals surface area contributed by atoms with Crippen LogP contribution in [-0.4, -0.2) is 19.5 Å². The lowest BCUT2D eigenvalue weighted by Crippen LogP contribution is -2.02. The van der Waals surface area contributed by atoms with Crippen LogP contribution in [0.5, 0.6) is 0 Å². The van der Waals surface area contributed by atoms with Crippen LogP contribution in [0.3, 0.4) is 0 Å². The highest BCUT2D eigenvalue weighted by Gasteiger charge is 2.19. The van der Waals surface area contributed by atoms with E-state index in [-0.39, 0.29) is 0 Å². The fourth-order valence-corrected chi connectivity index (χ4v) is 9.06. The molecule has 56 heavy (non-hydrogen) atoms. The van der Waals surface area contributed by atoms with Gasteiger partial charge >= 0.3 is 0 Å². The highest BCUT2D eigenvalue weighted by atomic mass is 32.1. The Hall–Kier alpha value is -7.21. The van der Waals surface area contributed by atoms with Crippen molar-refractivity contribution in [2.45, 2.75) is 0 Å². The molecule has 0 aliphatic carbocycles. The lowest BCUT2D eigenvalue weighted by molar-refractivity contribution is 1.07. The molecule has 0 aliphatic heterocycles. The summed E-state index contributed by atoms with van der Waals surface area (Å²) in [4.78, 5) is 15.1. The van der Waals surface area contributed by atoms with Crippen LogP contribution in [0.25, 0.3) is 104 Å². The molecule has 0 N–H and O–H groups in total. The molecule has 0 spiro atoms. The Bertz CT molecular complexity index is 3180. The summed E-state index contributed by atoms with van der Waals surface area (Å²) in [6, 6.07) is 68.7. The average Bonchev–Trinajstić information content (AvgIpc) is 3.82. The molecular weight excluding hydrogens is 701 g/mol. The third-order valence-corrected chi connectivity index (χ3v) is 11.8. The molecule has 11 rings (SSSR count). The molecule has 0 radical (unpaired) electrons. The Labute approximate surface area is 327 Å². The van der Waals surface area contributed by atoms with Crippen molar-refractivity contribution in [3.63, 3.8) is 0 Å². The maximum Gasteiger partial charge on any atom is 0.164 e. The Morgan fingerprint density at radius 2 is 0.821 bits per heavy atom. The molecule has 262 valence electrons. The number of nitrogens with zero attached hydrogens (tertiary/aromatic N) is 4. The summed E-state index contributed by atoms with van der Waals surface area (Å²) in [7, 11) is 0. The zero-order chi connectivity index (χ0) is 37.0. The highest BCUT2D eigenvalue weighted by Crippen LogP contribution is 2.41. The average molecular weight is 733 g/mol. The number of aromatic nitrogens is 4. The lowest BCUT2D eigenvalue weighted by atomic mass is 9.99. The number of rotatable bonds is 6. The normalized spacial score (nSPS) is 11.6. The molecule has 0 bridgehead atoms. The van der Waals surface area contributed by atoms with Gasteiger partial charge in [-0.2, -0.15) is 0 Å². The van der Waals surface area contributed by atoms with Crippen molar-refractivity contribution < 1.29 is 0 Å². The van der Waals surface area contributed by atoms with E-state index in [0.29, 0.717) is 17.5 Å². The second-order valence-electron chi connectivity index (χ2n) is 14.0. The van der Waals surface area contributed by atoms with Crippen molar-refractivity contribution in [3.8, 4) is 62.1 Å². The molecule has 5 heteroatoms. The van der Waals surface area contributed by atoms with Gasteiger partial charge in [-0.05, 0) is 71.3 Å². The van der Waals surface area contributed by atoms with Crippen molar-refractivity contribution in [2.24, 2.45) is 0 Å². The van der Waals surface area contributed by atoms with E-state index in [1.807, 2.05) is 72.0 Å². The van der Waals surface area contributed by atoms with Crippen molar-refractivity contribution in [1.29, 1.82) is 0 Å². The molecule has 0 aliphatic rings. The Morgan fingerprint density at radius 1 is 0.321 bits per heavy atom. The van der Waals surface area contributed by atoms with Crippen LogP contribution in [0, 0.1) is 0 Å². The first-order valence-electron chi connectivity index (χ1n) is 18.8. The minimum atomic E-state index is 0.628. The van der Waals surface area contributed by atoms with E-state index in [1.165, 1.54) is 42.1 Å². The van der Waals surface area contributed by atoms with Gasteiger partial charge in [-0.3, -0.25) is 0 Å². The van der Waals surface area contributed by atoms with E-state index in [0.717, 1.165) is 44.5 Å². The number of hydrogen-bond acceptors (Lipinski definition) is 4. The van der Waals surface area contributed by atoms with E-state index < -0.39 is 0 Å². The third kappa shape index (κ3) is 5.48. The summed E-state index contributed by atoms with van der Waals surface area (Å²) in [5, 5.41) is 5.05. The third-order valence-electron chi connectivity index (χ3n) is 10.7. The fourth-order valence-electron chi connectivity index (χ4n) is 7.97. The summed E-state index contributed by atoms with van der Waals surface area (Å²) in [5.74, 6) is 1.91. The lowest BCUT2D eigenvalue weighted by Gasteiger charge is -2.16. The van der Waals surface area contributed by atoms with Gasteiger partial charge in [0.25, 0.3) is 0 Å². The Kier molecular flexibility index (Phi) is 7.64. The van der Waals surface area contributed by atoms with E-state index in [9.17, 15) is 0 Å². The van der Waals surface area contributed by atoms with Gasteiger partial charge in [0.15, 0.2) is 17.5 Å². The summed E-state index contributed by atoms with van der Waals surface area (Å²) < 4.78 is 5.05. The largest absolute Gasteiger partial charge is 0.309 e. The van der Waals surface area contributed by atoms with Gasteiger partial charge in [-0.25, -0.2) is 15.0 Å². The van der Waals surface area contributed by atoms with Crippen LogP contribution in [0.1, 0.15) is 0 Å². The second kappa shape index (κ2) is 13.3. The fraction of sp³-hybridized carbons (Fsp3) is 0. The van der Waals surface area contributed by atoms with Gasteiger partial charge in [0, 0.05) is 53.2 Å². The van der Waals surface area contributed by atoms with Gasteiger partial charge in [-0.1, -0.05) is 140 Å². The van der Waals surface area contributed by atoms with Crippen molar-refractivity contribution in [1.82, 2.24) is 19.5 Å². The Morgan fingerprint density at radius 3 is 1.52 bits per heavy atom. The minimum Gasteiger partial charge on any atom is -0.309 e. The van der Waals surface area contributed by atoms with Gasteiger partial charge in [-0.15, -0.1) is 11.3 Å². The van der Waals surface area contributed by atoms with Gasteiger partial charge in [0.2, 0.25) is 0 Å². The number of para-hydroxylation sites is 1. The first-order valence-corrected chi connectivity index (χ1v) is 19.6. The Balaban J connectivity index is 1.10. The molecule has 0 unspecified atom stereocenters. The first-order chi connectivity index (χ1) is 27.7. The molecule has 0 atom stereocenters. The predicted molar refractivity (Wildman–Crippen MR) is 234 cm³/mol. The quantitative estimate of drug-likeness (QED) is 0.171. The van der Waals surface area contributed by atoms with Gasteiger partial charge in [0.05, 0.1) is 16.7 Å². The van der Waals surface area contributed by atoms with Gasteiger partial charge < -0.3 is 4.57 Å². The topological polar surface area (TPSA) is 43.6 Å². The number of hydrogen-bond donors (Lipinski definition) is 0. The molecule has 0 saturated carbocycles. The summed E-state index contributed by atoms with van der Waals surface area (Å²) >= 11 is 1.85. The maximum atomic E-state index is 5.07. The molecular formula is C51H32N4S. The zero-order valence-corrected chi connectivity index (χ0v) is 31.0. The summed E-state index contributed by atoms with van der Waals surface area (Å²) in [6.07, 6.45) is 0. The summed E-state index contributed by atoms with van der Waals surface area (Å²) in [6.45, 7) is 0. The van der Waals surface area contributed by atoms with Crippen molar-refractivity contribution in [3.05, 3.63) is 194 Å². The van der Waals surface area contributed by atoms with Crippen LogP contribution >= 0.6 is 11.3 Å². The molecule has 11 aromatic rings. The van der Waals surface area contributed by atoms with Crippen molar-refractivity contribution >= 4 is 53.3 Å². The van der Waals surface area contributed by atoms with Crippen LogP contribution in [0.2, 0.25) is 0 Å². The van der Waals surface area contributed by atoms with Crippen LogP contribution in [-0.2, 0) is 0 Å². The number of fused-ring (bicyclic) bond motifs is 6. The molecule has 0 saturated heterocycles. The van der Waals surface area contributed by atoms with Crippen LogP contribution < -0.4 is 0 Å². The molecule has 0 amide bonds. The van der Waals surface area contributed by atoms with Crippen LogP contribution in [0.15, 0.2) is 194 Å². The number of benzene rings is 8. The molecule has 3 heterocycles. The van der Waals surface area contributed by atoms with Crippen LogP contribution in [0.4, 0.5) is 0 Å². The van der Waals surface area contributed by atoms with E-state index >= 15 is 0 Å². The molecule has 4 nitrogen and oxygen atoms in total. The van der Waals surface area contributed by atoms with E-state index in [4.69, 9.17) is 15.0 Å². The predicted octanol–water partition coefficient (Wildman–Crippen LogP) is 13.7. The van der Waals surface area contributed by atoms with Gasteiger partial charge in [0.1, 0.15) is 0 Å². The standard InChI is InChI=1S/C51H32N4S/c1-4-14-33(15-5-1)41-32-38(51-53-49(34-16-6-2-7-17-34)52-50(54-51)35-18-8-3-9-19-35)25-28-45(41)55-44-22-12-10-20-39(44)42-30-36(24-27-46(42)55)37-26-29-48-43(31-37)40-21-11-13-23-47(40)56-48/h1-32H. The first kappa shape index (κ1) is 32.2. The number of thiophene rings is 1. The summed E-state index contributed by atoms with van der Waals surface area (Å²) in [5.41, 5.74) is 10.8. The minimum absolute atomic E-state index is 0.628. The SMILES string of the molecule is c1ccc(-c2nc(-c3ccccc3)nc(-c3ccc(-n4c5ccccc5c5cc(-c6ccc7sc8ccccc8c7c6)ccc54)c(-c4ccccc4)c3)n2)cc1. The van der Waals surface area contributed by atoms with E-state index in [1.54, 1.807) is 0 Å². The smallest absolute Gasteiger partial charge is 0.164 e. The molecule has 8 aromatic carbocycles. The maximum absolute atomic E-state index is 5.07. The molecule has 3 aromatic heterocycles.